The monoisotopic (exact) mass is 236 g/mol. The second-order valence-corrected chi connectivity index (χ2v) is 5.25. The van der Waals surface area contributed by atoms with E-state index in [4.69, 9.17) is 0 Å². The molecule has 0 unspecified atom stereocenters. The van der Waals surface area contributed by atoms with Gasteiger partial charge in [-0.2, -0.15) is 0 Å². The van der Waals surface area contributed by atoms with Gasteiger partial charge in [-0.25, -0.2) is 8.42 Å². The summed E-state index contributed by atoms with van der Waals surface area (Å²) in [6.07, 6.45) is 0. The van der Waals surface area contributed by atoms with Gasteiger partial charge in [-0.1, -0.05) is 31.4 Å². The minimum atomic E-state index is -3.70. The Morgan fingerprint density at radius 3 is 2.06 bits per heavy atom. The molecule has 1 aromatic rings. The molecule has 0 heterocycles. The third kappa shape index (κ3) is 2.28. The van der Waals surface area contributed by atoms with Gasteiger partial charge in [0.25, 0.3) is 0 Å². The molecular weight excluding hydrogens is 224 g/mol. The Bertz CT molecular complexity index is 539. The van der Waals surface area contributed by atoms with E-state index in [0.717, 1.165) is 0 Å². The summed E-state index contributed by atoms with van der Waals surface area (Å²) in [4.78, 5) is 10.9. The highest BCUT2D eigenvalue weighted by atomic mass is 32.2. The summed E-state index contributed by atoms with van der Waals surface area (Å²) in [5, 5.41) is 0. The smallest absolute Gasteiger partial charge is 0.206 e. The molecule has 4 heteroatoms. The minimum absolute atomic E-state index is 0.0798. The zero-order valence-electron chi connectivity index (χ0n) is 8.93. The Balaban J connectivity index is 3.20. The fraction of sp³-hybridized carbons (Fsp3) is 0.0833. The average molecular weight is 236 g/mol. The van der Waals surface area contributed by atoms with E-state index in [0.29, 0.717) is 0 Å². The predicted molar refractivity (Wildman–Crippen MR) is 62.6 cm³/mol. The SMILES string of the molecule is C=C(C(=C)S(=O)(=O)c1ccccc1)C(C)=O. The van der Waals surface area contributed by atoms with Crippen molar-refractivity contribution in [2.75, 3.05) is 0 Å². The number of benzene rings is 1. The van der Waals surface area contributed by atoms with Gasteiger partial charge >= 0.3 is 0 Å². The standard InChI is InChI=1S/C12H12O3S/c1-9(10(2)13)11(3)16(14,15)12-7-5-4-6-8-12/h4-8H,1,3H2,2H3. The molecule has 0 saturated carbocycles. The maximum atomic E-state index is 12.0. The van der Waals surface area contributed by atoms with Crippen LogP contribution in [0.15, 0.2) is 58.9 Å². The maximum Gasteiger partial charge on any atom is 0.206 e. The van der Waals surface area contributed by atoms with Crippen molar-refractivity contribution < 1.29 is 13.2 Å². The van der Waals surface area contributed by atoms with Gasteiger partial charge in [-0.15, -0.1) is 0 Å². The van der Waals surface area contributed by atoms with Crippen LogP contribution in [0.2, 0.25) is 0 Å². The fourth-order valence-corrected chi connectivity index (χ4v) is 2.37. The molecule has 84 valence electrons. The first-order valence-electron chi connectivity index (χ1n) is 4.56. The Morgan fingerprint density at radius 2 is 1.62 bits per heavy atom. The van der Waals surface area contributed by atoms with E-state index < -0.39 is 15.6 Å². The van der Waals surface area contributed by atoms with Crippen molar-refractivity contribution in [3.8, 4) is 0 Å². The lowest BCUT2D eigenvalue weighted by molar-refractivity contribution is -0.113. The normalized spacial score (nSPS) is 10.8. The molecule has 0 N–H and O–H groups in total. The number of allylic oxidation sites excluding steroid dienone is 1. The number of Topliss-reactive ketones (excluding diaryl/α,β-unsaturated/α-hetero) is 1. The Kier molecular flexibility index (Phi) is 3.44. The third-order valence-electron chi connectivity index (χ3n) is 2.14. The van der Waals surface area contributed by atoms with Crippen LogP contribution in [0.5, 0.6) is 0 Å². The molecule has 0 aliphatic rings. The van der Waals surface area contributed by atoms with Gasteiger partial charge < -0.3 is 0 Å². The molecule has 0 spiro atoms. The molecule has 0 saturated heterocycles. The molecule has 1 rings (SSSR count). The van der Waals surface area contributed by atoms with Crippen LogP contribution in [0, 0.1) is 0 Å². The summed E-state index contributed by atoms with van der Waals surface area (Å²) in [5.41, 5.74) is -0.0798. The van der Waals surface area contributed by atoms with E-state index in [2.05, 4.69) is 13.2 Å². The topological polar surface area (TPSA) is 51.2 Å². The van der Waals surface area contributed by atoms with Gasteiger partial charge in [0, 0.05) is 5.57 Å². The summed E-state index contributed by atoms with van der Waals surface area (Å²) >= 11 is 0. The lowest BCUT2D eigenvalue weighted by atomic mass is 10.2. The molecule has 0 aliphatic carbocycles. The number of carbonyl (C=O) groups excluding carboxylic acids is 1. The second-order valence-electron chi connectivity index (χ2n) is 3.27. The van der Waals surface area contributed by atoms with Crippen LogP contribution in [-0.2, 0) is 14.6 Å². The average Bonchev–Trinajstić information content (AvgIpc) is 2.28. The lowest BCUT2D eigenvalue weighted by Gasteiger charge is -2.07. The molecule has 1 aromatic carbocycles. The number of hydrogen-bond acceptors (Lipinski definition) is 3. The molecule has 0 atom stereocenters. The quantitative estimate of drug-likeness (QED) is 0.594. The van der Waals surface area contributed by atoms with Gasteiger partial charge in [-0.05, 0) is 19.1 Å². The van der Waals surface area contributed by atoms with Crippen LogP contribution in [0.1, 0.15) is 6.92 Å². The molecule has 16 heavy (non-hydrogen) atoms. The van der Waals surface area contributed by atoms with Crippen molar-refractivity contribution in [1.82, 2.24) is 0 Å². The molecule has 0 aromatic heterocycles. The van der Waals surface area contributed by atoms with E-state index in [1.807, 2.05) is 0 Å². The molecule has 0 radical (unpaired) electrons. The Morgan fingerprint density at radius 1 is 1.12 bits per heavy atom. The summed E-state index contributed by atoms with van der Waals surface area (Å²) in [6, 6.07) is 7.83. The molecular formula is C12H12O3S. The van der Waals surface area contributed by atoms with Gasteiger partial charge in [0.1, 0.15) is 0 Å². The highest BCUT2D eigenvalue weighted by Crippen LogP contribution is 2.22. The van der Waals surface area contributed by atoms with Crippen molar-refractivity contribution in [3.05, 3.63) is 54.0 Å². The van der Waals surface area contributed by atoms with Crippen LogP contribution in [0.3, 0.4) is 0 Å². The van der Waals surface area contributed by atoms with Crippen LogP contribution in [0.25, 0.3) is 0 Å². The number of ketones is 1. The number of hydrogen-bond donors (Lipinski definition) is 0. The van der Waals surface area contributed by atoms with Crippen molar-refractivity contribution in [2.24, 2.45) is 0 Å². The molecule has 0 bridgehead atoms. The molecule has 0 aliphatic heterocycles. The van der Waals surface area contributed by atoms with Gasteiger partial charge in [0.2, 0.25) is 9.84 Å². The van der Waals surface area contributed by atoms with Crippen LogP contribution in [0.4, 0.5) is 0 Å². The van der Waals surface area contributed by atoms with E-state index in [-0.39, 0.29) is 15.4 Å². The summed E-state index contributed by atoms with van der Waals surface area (Å²) in [5.74, 6) is -0.399. The Hall–Kier alpha value is -1.68. The first-order valence-corrected chi connectivity index (χ1v) is 6.05. The number of rotatable bonds is 4. The van der Waals surface area contributed by atoms with Crippen molar-refractivity contribution in [1.29, 1.82) is 0 Å². The van der Waals surface area contributed by atoms with E-state index in [9.17, 15) is 13.2 Å². The summed E-state index contributed by atoms with van der Waals surface area (Å²) in [7, 11) is -3.70. The Labute approximate surface area is 95.0 Å². The van der Waals surface area contributed by atoms with E-state index >= 15 is 0 Å². The van der Waals surface area contributed by atoms with Crippen molar-refractivity contribution in [2.45, 2.75) is 11.8 Å². The highest BCUT2D eigenvalue weighted by Gasteiger charge is 2.22. The van der Waals surface area contributed by atoms with Crippen LogP contribution >= 0.6 is 0 Å². The first-order chi connectivity index (χ1) is 7.37. The van der Waals surface area contributed by atoms with E-state index in [1.54, 1.807) is 18.2 Å². The molecule has 3 nitrogen and oxygen atoms in total. The minimum Gasteiger partial charge on any atom is -0.294 e. The first kappa shape index (κ1) is 12.4. The van der Waals surface area contributed by atoms with Crippen LogP contribution in [-0.4, -0.2) is 14.2 Å². The largest absolute Gasteiger partial charge is 0.294 e. The number of carbonyl (C=O) groups is 1. The highest BCUT2D eigenvalue weighted by molar-refractivity contribution is 7.95. The lowest BCUT2D eigenvalue weighted by Crippen LogP contribution is -2.09. The zero-order chi connectivity index (χ0) is 12.3. The van der Waals surface area contributed by atoms with Gasteiger partial charge in [-0.3, -0.25) is 4.79 Å². The van der Waals surface area contributed by atoms with Crippen molar-refractivity contribution >= 4 is 15.6 Å². The molecule has 0 amide bonds. The molecule has 0 fully saturated rings. The summed E-state index contributed by atoms with van der Waals surface area (Å²) < 4.78 is 23.9. The number of sulfone groups is 1. The van der Waals surface area contributed by atoms with Crippen molar-refractivity contribution in [3.63, 3.8) is 0 Å². The summed E-state index contributed by atoms with van der Waals surface area (Å²) in [6.45, 7) is 8.09. The van der Waals surface area contributed by atoms with Gasteiger partial charge in [0.15, 0.2) is 5.78 Å². The maximum absolute atomic E-state index is 12.0. The zero-order valence-corrected chi connectivity index (χ0v) is 9.75. The van der Waals surface area contributed by atoms with E-state index in [1.165, 1.54) is 19.1 Å². The predicted octanol–water partition coefficient (Wildman–Crippen LogP) is 2.12. The van der Waals surface area contributed by atoms with Gasteiger partial charge in [0.05, 0.1) is 9.80 Å². The third-order valence-corrected chi connectivity index (χ3v) is 3.93. The van der Waals surface area contributed by atoms with Crippen LogP contribution < -0.4 is 0 Å². The fourth-order valence-electron chi connectivity index (χ4n) is 1.10. The second kappa shape index (κ2) is 4.45.